The molecule has 0 bridgehead atoms. The Bertz CT molecular complexity index is 797. The van der Waals surface area contributed by atoms with Crippen molar-refractivity contribution in [2.45, 2.75) is 53.1 Å². The average Bonchev–Trinajstić information content (AvgIpc) is 2.86. The molecule has 134 valence electrons. The van der Waals surface area contributed by atoms with Crippen LogP contribution in [0.25, 0.3) is 0 Å². The fourth-order valence-corrected chi connectivity index (χ4v) is 3.21. The molecular weight excluding hydrogens is 316 g/mol. The second kappa shape index (κ2) is 6.92. The van der Waals surface area contributed by atoms with Crippen molar-refractivity contribution in [1.29, 1.82) is 0 Å². The summed E-state index contributed by atoms with van der Waals surface area (Å²) in [5.74, 6) is 0.853. The van der Waals surface area contributed by atoms with Crippen molar-refractivity contribution >= 4 is 11.6 Å². The summed E-state index contributed by atoms with van der Waals surface area (Å²) in [6.45, 7) is 9.39. The van der Waals surface area contributed by atoms with Gasteiger partial charge in [0, 0.05) is 32.8 Å². The summed E-state index contributed by atoms with van der Waals surface area (Å²) in [4.78, 5) is 23.9. The van der Waals surface area contributed by atoms with E-state index in [4.69, 9.17) is 0 Å². The quantitative estimate of drug-likeness (QED) is 0.916. The number of carbonyl (C=O) groups is 1. The molecule has 1 aliphatic rings. The zero-order valence-electron chi connectivity index (χ0n) is 15.6. The minimum absolute atomic E-state index is 0.00702. The third-order valence-corrected chi connectivity index (χ3v) is 5.03. The van der Waals surface area contributed by atoms with Gasteiger partial charge in [0.1, 0.15) is 5.82 Å². The average molecular weight is 342 g/mol. The lowest BCUT2D eigenvalue weighted by Crippen LogP contribution is -2.45. The molecule has 0 spiro atoms. The number of carbonyl (C=O) groups excluding carboxylic acids is 1. The number of nitrogens with one attached hydrogen (secondary N) is 1. The van der Waals surface area contributed by atoms with Crippen molar-refractivity contribution in [3.8, 4) is 0 Å². The predicted octanol–water partition coefficient (Wildman–Crippen LogP) is 1.77. The van der Waals surface area contributed by atoms with Gasteiger partial charge in [-0.05, 0) is 32.8 Å². The molecule has 1 N–H and O–H groups in total. The Morgan fingerprint density at radius 2 is 2.16 bits per heavy atom. The van der Waals surface area contributed by atoms with Crippen molar-refractivity contribution in [2.75, 3.05) is 11.9 Å². The number of aromatic nitrogens is 4. The molecule has 2 aromatic rings. The molecule has 0 radical (unpaired) electrons. The van der Waals surface area contributed by atoms with Crippen LogP contribution in [-0.4, -0.2) is 43.1 Å². The number of hydrogen-bond acceptors (Lipinski definition) is 5. The molecule has 2 aromatic heterocycles. The maximum atomic E-state index is 12.7. The number of anilines is 1. The molecule has 7 heteroatoms. The standard InChI is InChI=1S/C18H26N6O/c1-6-16-19-9-14-7-8-24(10-15(14)20-16)13(4)18(25)21-17-11(2)22-23(5)12(17)3/h9,13H,6-8,10H2,1-5H3,(H,21,25)/t13-/m0/s1. The molecule has 0 unspecified atom stereocenters. The molecule has 1 atom stereocenters. The summed E-state index contributed by atoms with van der Waals surface area (Å²) in [6, 6.07) is -0.229. The highest BCUT2D eigenvalue weighted by atomic mass is 16.2. The van der Waals surface area contributed by atoms with E-state index < -0.39 is 0 Å². The highest BCUT2D eigenvalue weighted by Crippen LogP contribution is 2.22. The van der Waals surface area contributed by atoms with E-state index in [1.165, 1.54) is 5.56 Å². The maximum absolute atomic E-state index is 12.7. The Balaban J connectivity index is 1.72. The van der Waals surface area contributed by atoms with Crippen LogP contribution in [0.2, 0.25) is 0 Å². The first-order valence-corrected chi connectivity index (χ1v) is 8.79. The molecule has 0 saturated carbocycles. The molecule has 0 aromatic carbocycles. The van der Waals surface area contributed by atoms with E-state index in [1.54, 1.807) is 4.68 Å². The van der Waals surface area contributed by atoms with Gasteiger partial charge < -0.3 is 5.32 Å². The lowest BCUT2D eigenvalue weighted by Gasteiger charge is -2.32. The van der Waals surface area contributed by atoms with Gasteiger partial charge in [-0.3, -0.25) is 14.4 Å². The predicted molar refractivity (Wildman–Crippen MR) is 96.3 cm³/mol. The molecule has 25 heavy (non-hydrogen) atoms. The summed E-state index contributed by atoms with van der Waals surface area (Å²) in [5, 5.41) is 7.40. The summed E-state index contributed by atoms with van der Waals surface area (Å²) in [7, 11) is 1.88. The molecule has 0 fully saturated rings. The normalized spacial score (nSPS) is 15.7. The number of rotatable bonds is 4. The topological polar surface area (TPSA) is 75.9 Å². The monoisotopic (exact) mass is 342 g/mol. The zero-order valence-corrected chi connectivity index (χ0v) is 15.6. The van der Waals surface area contributed by atoms with Crippen LogP contribution in [0.5, 0.6) is 0 Å². The number of aryl methyl sites for hydroxylation is 3. The van der Waals surface area contributed by atoms with Gasteiger partial charge >= 0.3 is 0 Å². The van der Waals surface area contributed by atoms with Gasteiger partial charge in [0.05, 0.1) is 28.8 Å². The van der Waals surface area contributed by atoms with Crippen LogP contribution in [0.4, 0.5) is 5.69 Å². The third-order valence-electron chi connectivity index (χ3n) is 5.03. The van der Waals surface area contributed by atoms with Crippen LogP contribution in [0, 0.1) is 13.8 Å². The van der Waals surface area contributed by atoms with Crippen LogP contribution in [-0.2, 0) is 31.2 Å². The first-order chi connectivity index (χ1) is 11.9. The molecule has 1 aliphatic heterocycles. The molecule has 0 aliphatic carbocycles. The van der Waals surface area contributed by atoms with Crippen LogP contribution in [0.1, 0.15) is 42.3 Å². The van der Waals surface area contributed by atoms with Crippen molar-refractivity contribution < 1.29 is 4.79 Å². The van der Waals surface area contributed by atoms with Gasteiger partial charge in [-0.1, -0.05) is 6.92 Å². The Kier molecular flexibility index (Phi) is 4.85. The van der Waals surface area contributed by atoms with Gasteiger partial charge in [0.2, 0.25) is 5.91 Å². The highest BCUT2D eigenvalue weighted by Gasteiger charge is 2.27. The third kappa shape index (κ3) is 3.42. The Hall–Kier alpha value is -2.28. The smallest absolute Gasteiger partial charge is 0.241 e. The summed E-state index contributed by atoms with van der Waals surface area (Å²) < 4.78 is 1.79. The molecule has 3 heterocycles. The highest BCUT2D eigenvalue weighted by molar-refractivity contribution is 5.95. The first kappa shape index (κ1) is 17.5. The van der Waals surface area contributed by atoms with Crippen molar-refractivity contribution in [1.82, 2.24) is 24.6 Å². The second-order valence-corrected chi connectivity index (χ2v) is 6.67. The Morgan fingerprint density at radius 3 is 2.80 bits per heavy atom. The van der Waals surface area contributed by atoms with E-state index in [0.29, 0.717) is 6.54 Å². The maximum Gasteiger partial charge on any atom is 0.241 e. The zero-order chi connectivity index (χ0) is 18.1. The van der Waals surface area contributed by atoms with E-state index in [2.05, 4.69) is 32.2 Å². The van der Waals surface area contributed by atoms with E-state index >= 15 is 0 Å². The largest absolute Gasteiger partial charge is 0.322 e. The molecule has 7 nitrogen and oxygen atoms in total. The van der Waals surface area contributed by atoms with Gasteiger partial charge in [-0.25, -0.2) is 9.97 Å². The van der Waals surface area contributed by atoms with E-state index in [0.717, 1.165) is 48.0 Å². The number of nitrogens with zero attached hydrogens (tertiary/aromatic N) is 5. The van der Waals surface area contributed by atoms with Gasteiger partial charge in [0.15, 0.2) is 0 Å². The lowest BCUT2D eigenvalue weighted by molar-refractivity contribution is -0.121. The van der Waals surface area contributed by atoms with Crippen LogP contribution < -0.4 is 5.32 Å². The SMILES string of the molecule is CCc1ncc2c(n1)CN([C@@H](C)C(=O)Nc1c(C)nn(C)c1C)CC2. The Labute approximate surface area is 148 Å². The fraction of sp³-hybridized carbons (Fsp3) is 0.556. The van der Waals surface area contributed by atoms with Gasteiger partial charge in [0.25, 0.3) is 0 Å². The number of fused-ring (bicyclic) bond motifs is 1. The number of amides is 1. The lowest BCUT2D eigenvalue weighted by atomic mass is 10.0. The first-order valence-electron chi connectivity index (χ1n) is 8.79. The van der Waals surface area contributed by atoms with E-state index in [-0.39, 0.29) is 11.9 Å². The van der Waals surface area contributed by atoms with Crippen LogP contribution in [0.15, 0.2) is 6.20 Å². The Morgan fingerprint density at radius 1 is 1.40 bits per heavy atom. The second-order valence-electron chi connectivity index (χ2n) is 6.67. The van der Waals surface area contributed by atoms with Crippen molar-refractivity contribution in [3.63, 3.8) is 0 Å². The van der Waals surface area contributed by atoms with E-state index in [1.807, 2.05) is 34.0 Å². The molecular formula is C18H26N6O. The summed E-state index contributed by atoms with van der Waals surface area (Å²) in [6.07, 6.45) is 3.64. The summed E-state index contributed by atoms with van der Waals surface area (Å²) in [5.41, 5.74) is 4.85. The van der Waals surface area contributed by atoms with Gasteiger partial charge in [-0.2, -0.15) is 5.10 Å². The van der Waals surface area contributed by atoms with Gasteiger partial charge in [-0.15, -0.1) is 0 Å². The minimum atomic E-state index is -0.229. The van der Waals surface area contributed by atoms with Crippen LogP contribution >= 0.6 is 0 Å². The molecule has 1 amide bonds. The van der Waals surface area contributed by atoms with Crippen molar-refractivity contribution in [3.05, 3.63) is 34.7 Å². The number of hydrogen-bond donors (Lipinski definition) is 1. The fourth-order valence-electron chi connectivity index (χ4n) is 3.21. The van der Waals surface area contributed by atoms with Crippen molar-refractivity contribution in [2.24, 2.45) is 7.05 Å². The van der Waals surface area contributed by atoms with E-state index in [9.17, 15) is 4.79 Å². The molecule has 0 saturated heterocycles. The minimum Gasteiger partial charge on any atom is -0.322 e. The molecule has 3 rings (SSSR count). The summed E-state index contributed by atoms with van der Waals surface area (Å²) >= 11 is 0. The van der Waals surface area contributed by atoms with Crippen LogP contribution in [0.3, 0.4) is 0 Å².